The fourth-order valence-corrected chi connectivity index (χ4v) is 4.94. The van der Waals surface area contributed by atoms with E-state index in [4.69, 9.17) is 4.74 Å². The fourth-order valence-electron chi connectivity index (χ4n) is 2.89. The van der Waals surface area contributed by atoms with Crippen molar-refractivity contribution in [3.63, 3.8) is 0 Å². The first-order chi connectivity index (χ1) is 13.8. The Bertz CT molecular complexity index is 899. The quantitative estimate of drug-likeness (QED) is 0.618. The molecular weight excluding hydrogens is 392 g/mol. The van der Waals surface area contributed by atoms with Crippen molar-refractivity contribution in [3.05, 3.63) is 66.2 Å². The molecule has 6 nitrogen and oxygen atoms in total. The minimum Gasteiger partial charge on any atom is -0.378 e. The van der Waals surface area contributed by atoms with Crippen LogP contribution in [0, 0.1) is 0 Å². The van der Waals surface area contributed by atoms with Crippen molar-refractivity contribution in [2.75, 3.05) is 31.6 Å². The van der Waals surface area contributed by atoms with Gasteiger partial charge in [0.15, 0.2) is 4.34 Å². The van der Waals surface area contributed by atoms with Gasteiger partial charge in [-0.15, -0.1) is 10.2 Å². The molecule has 3 aromatic rings. The van der Waals surface area contributed by atoms with Gasteiger partial charge in [-0.25, -0.2) is 0 Å². The second-order valence-electron chi connectivity index (χ2n) is 6.21. The van der Waals surface area contributed by atoms with E-state index in [1.165, 1.54) is 23.1 Å². The highest BCUT2D eigenvalue weighted by Gasteiger charge is 2.29. The average Bonchev–Trinajstić information content (AvgIpc) is 3.20. The highest BCUT2D eigenvalue weighted by Crippen LogP contribution is 2.39. The van der Waals surface area contributed by atoms with Crippen molar-refractivity contribution in [1.82, 2.24) is 15.1 Å². The third kappa shape index (κ3) is 4.70. The first kappa shape index (κ1) is 18.9. The lowest BCUT2D eigenvalue weighted by molar-refractivity contribution is -0.134. The molecule has 2 heterocycles. The molecule has 1 N–H and O–H groups in total. The van der Waals surface area contributed by atoms with E-state index in [1.807, 2.05) is 65.6 Å². The van der Waals surface area contributed by atoms with Crippen molar-refractivity contribution in [3.8, 4) is 0 Å². The molecule has 8 heteroatoms. The Morgan fingerprint density at radius 1 is 1.04 bits per heavy atom. The largest absolute Gasteiger partial charge is 0.378 e. The molecule has 0 spiro atoms. The van der Waals surface area contributed by atoms with Crippen LogP contribution in [-0.2, 0) is 9.53 Å². The van der Waals surface area contributed by atoms with E-state index in [-0.39, 0.29) is 11.2 Å². The molecule has 1 fully saturated rings. The Kier molecular flexibility index (Phi) is 6.20. The summed E-state index contributed by atoms with van der Waals surface area (Å²) in [5, 5.41) is 12.1. The van der Waals surface area contributed by atoms with Crippen LogP contribution in [-0.4, -0.2) is 47.3 Å². The summed E-state index contributed by atoms with van der Waals surface area (Å²) in [5.74, 6) is 0.0901. The summed E-state index contributed by atoms with van der Waals surface area (Å²) in [6, 6.07) is 19.7. The maximum Gasteiger partial charge on any atom is 0.240 e. The van der Waals surface area contributed by atoms with E-state index >= 15 is 0 Å². The van der Waals surface area contributed by atoms with Crippen molar-refractivity contribution in [2.24, 2.45) is 0 Å². The van der Waals surface area contributed by atoms with Gasteiger partial charge in [0.25, 0.3) is 0 Å². The first-order valence-electron chi connectivity index (χ1n) is 9.03. The van der Waals surface area contributed by atoms with Gasteiger partial charge >= 0.3 is 0 Å². The van der Waals surface area contributed by atoms with E-state index in [0.29, 0.717) is 31.4 Å². The monoisotopic (exact) mass is 412 g/mol. The summed E-state index contributed by atoms with van der Waals surface area (Å²) in [4.78, 5) is 15.1. The number of rotatable bonds is 6. The van der Waals surface area contributed by atoms with Gasteiger partial charge in [-0.3, -0.25) is 4.79 Å². The van der Waals surface area contributed by atoms with Gasteiger partial charge in [0.05, 0.1) is 13.2 Å². The number of ether oxygens (including phenoxy) is 1. The van der Waals surface area contributed by atoms with Crippen LogP contribution in [0.25, 0.3) is 0 Å². The molecule has 1 aliphatic heterocycles. The highest BCUT2D eigenvalue weighted by molar-refractivity contribution is 8.01. The van der Waals surface area contributed by atoms with Crippen LogP contribution in [0.5, 0.6) is 0 Å². The van der Waals surface area contributed by atoms with Gasteiger partial charge in [0.2, 0.25) is 11.0 Å². The topological polar surface area (TPSA) is 67.4 Å². The van der Waals surface area contributed by atoms with E-state index in [9.17, 15) is 4.79 Å². The normalized spacial score (nSPS) is 15.2. The van der Waals surface area contributed by atoms with Gasteiger partial charge in [-0.2, -0.15) is 0 Å². The number of amides is 1. The summed E-state index contributed by atoms with van der Waals surface area (Å²) >= 11 is 2.90. The van der Waals surface area contributed by atoms with E-state index in [2.05, 4.69) is 15.5 Å². The van der Waals surface area contributed by atoms with Gasteiger partial charge in [-0.05, 0) is 17.7 Å². The predicted molar refractivity (Wildman–Crippen MR) is 112 cm³/mol. The van der Waals surface area contributed by atoms with Crippen LogP contribution < -0.4 is 5.32 Å². The number of nitrogens with zero attached hydrogens (tertiary/aromatic N) is 3. The standard InChI is InChI=1S/C20H20N4O2S2/c25-18(24-11-13-26-14-12-24)17(15-7-3-1-4-8-15)27-20-23-22-19(28-20)21-16-9-5-2-6-10-16/h1-10,17H,11-14H2,(H,21,22). The minimum atomic E-state index is -0.350. The van der Waals surface area contributed by atoms with Gasteiger partial charge in [0, 0.05) is 18.8 Å². The molecule has 28 heavy (non-hydrogen) atoms. The van der Waals surface area contributed by atoms with E-state index in [1.54, 1.807) is 0 Å². The van der Waals surface area contributed by atoms with Crippen LogP contribution >= 0.6 is 23.1 Å². The zero-order valence-corrected chi connectivity index (χ0v) is 16.8. The molecule has 144 valence electrons. The lowest BCUT2D eigenvalue weighted by Crippen LogP contribution is -2.42. The minimum absolute atomic E-state index is 0.0901. The summed E-state index contributed by atoms with van der Waals surface area (Å²) in [5.41, 5.74) is 1.93. The molecule has 2 aromatic carbocycles. The Labute approximate surface area is 171 Å². The smallest absolute Gasteiger partial charge is 0.240 e. The summed E-state index contributed by atoms with van der Waals surface area (Å²) in [6.45, 7) is 2.42. The van der Waals surface area contributed by atoms with Crippen molar-refractivity contribution >= 4 is 39.8 Å². The number of thioether (sulfide) groups is 1. The lowest BCUT2D eigenvalue weighted by Gasteiger charge is -2.30. The lowest BCUT2D eigenvalue weighted by atomic mass is 10.1. The van der Waals surface area contributed by atoms with Crippen LogP contribution in [0.1, 0.15) is 10.8 Å². The Morgan fingerprint density at radius 2 is 1.71 bits per heavy atom. The Hall–Kier alpha value is -2.42. The number of hydrogen-bond acceptors (Lipinski definition) is 7. The summed E-state index contributed by atoms with van der Waals surface area (Å²) in [6.07, 6.45) is 0. The number of hydrogen-bond donors (Lipinski definition) is 1. The second kappa shape index (κ2) is 9.18. The molecule has 1 unspecified atom stereocenters. The number of carbonyl (C=O) groups is 1. The molecule has 1 amide bonds. The zero-order valence-electron chi connectivity index (χ0n) is 15.2. The SMILES string of the molecule is O=C(C(Sc1nnc(Nc2ccccc2)s1)c1ccccc1)N1CCOCC1. The van der Waals surface area contributed by atoms with E-state index in [0.717, 1.165) is 15.6 Å². The fraction of sp³-hybridized carbons (Fsp3) is 0.250. The average molecular weight is 413 g/mol. The number of benzene rings is 2. The molecule has 0 radical (unpaired) electrons. The third-order valence-electron chi connectivity index (χ3n) is 4.30. The number of para-hydroxylation sites is 1. The van der Waals surface area contributed by atoms with Crippen molar-refractivity contribution in [1.29, 1.82) is 0 Å². The van der Waals surface area contributed by atoms with Crippen molar-refractivity contribution in [2.45, 2.75) is 9.59 Å². The predicted octanol–water partition coefficient (Wildman–Crippen LogP) is 3.97. The van der Waals surface area contributed by atoms with Gasteiger partial charge < -0.3 is 15.0 Å². The van der Waals surface area contributed by atoms with E-state index < -0.39 is 0 Å². The Balaban J connectivity index is 1.52. The van der Waals surface area contributed by atoms with Crippen molar-refractivity contribution < 1.29 is 9.53 Å². The second-order valence-corrected chi connectivity index (χ2v) is 8.54. The van der Waals surface area contributed by atoms with Gasteiger partial charge in [-0.1, -0.05) is 71.6 Å². The molecule has 1 aliphatic rings. The maximum atomic E-state index is 13.2. The number of nitrogens with one attached hydrogen (secondary N) is 1. The molecule has 0 aliphatic carbocycles. The number of morpholine rings is 1. The van der Waals surface area contributed by atoms with Gasteiger partial charge in [0.1, 0.15) is 5.25 Å². The summed E-state index contributed by atoms with van der Waals surface area (Å²) in [7, 11) is 0. The number of anilines is 2. The number of aromatic nitrogens is 2. The summed E-state index contributed by atoms with van der Waals surface area (Å²) < 4.78 is 6.14. The molecule has 1 aromatic heterocycles. The highest BCUT2D eigenvalue weighted by atomic mass is 32.2. The number of carbonyl (C=O) groups excluding carboxylic acids is 1. The zero-order chi connectivity index (χ0) is 19.2. The van der Waals surface area contributed by atoms with Crippen LogP contribution in [0.4, 0.5) is 10.8 Å². The third-order valence-corrected chi connectivity index (χ3v) is 6.46. The molecular formula is C20H20N4O2S2. The van der Waals surface area contributed by atoms with Crippen LogP contribution in [0.2, 0.25) is 0 Å². The van der Waals surface area contributed by atoms with Crippen LogP contribution in [0.3, 0.4) is 0 Å². The Morgan fingerprint density at radius 3 is 2.43 bits per heavy atom. The molecule has 0 saturated carbocycles. The molecule has 0 bridgehead atoms. The first-order valence-corrected chi connectivity index (χ1v) is 10.7. The molecule has 1 saturated heterocycles. The maximum absolute atomic E-state index is 13.2. The molecule has 4 rings (SSSR count). The van der Waals surface area contributed by atoms with Crippen LogP contribution in [0.15, 0.2) is 65.0 Å². The molecule has 1 atom stereocenters.